The molecule has 9 heavy (non-hydrogen) atoms. The Balaban J connectivity index is 2.09. The fraction of sp³-hybridized carbons (Fsp3) is 1.00. The lowest BCUT2D eigenvalue weighted by atomic mass is 9.98. The number of hydrogen-bond acceptors (Lipinski definition) is 2. The fourth-order valence-corrected chi connectivity index (χ4v) is 0.678. The maximum atomic E-state index is 4.96. The van der Waals surface area contributed by atoms with Gasteiger partial charge in [-0.15, -0.1) is 0 Å². The van der Waals surface area contributed by atoms with Crippen LogP contribution in [0.1, 0.15) is 20.8 Å². The van der Waals surface area contributed by atoms with Gasteiger partial charge in [-0.3, -0.25) is 4.84 Å². The van der Waals surface area contributed by atoms with Crippen molar-refractivity contribution >= 4 is 0 Å². The second-order valence-electron chi connectivity index (χ2n) is 3.14. The highest BCUT2D eigenvalue weighted by Gasteiger charge is 2.22. The average molecular weight is 129 g/mol. The van der Waals surface area contributed by atoms with Crippen LogP contribution in [0.4, 0.5) is 0 Å². The number of hydrogen-bond donors (Lipinski definition) is 0. The number of rotatable bonds is 3. The minimum Gasteiger partial charge on any atom is -0.279 e. The molecule has 0 aliphatic carbocycles. The molecule has 0 aromatic heterocycles. The summed E-state index contributed by atoms with van der Waals surface area (Å²) in [5.41, 5.74) is 0. The Labute approximate surface area is 56.8 Å². The van der Waals surface area contributed by atoms with Crippen molar-refractivity contribution < 1.29 is 4.84 Å². The molecule has 1 fully saturated rings. The molecule has 1 aliphatic heterocycles. The summed E-state index contributed by atoms with van der Waals surface area (Å²) in [5, 5.41) is 1.99. The molecule has 2 atom stereocenters. The van der Waals surface area contributed by atoms with E-state index in [0.717, 1.165) is 25.1 Å². The molecule has 0 N–H and O–H groups in total. The zero-order chi connectivity index (χ0) is 6.85. The normalized spacial score (nSPS) is 28.7. The SMILES string of the molecule is CC(C)C(C)CN1CO1. The second-order valence-corrected chi connectivity index (χ2v) is 3.14. The molecule has 1 heterocycles. The summed E-state index contributed by atoms with van der Waals surface area (Å²) in [6.07, 6.45) is 0. The van der Waals surface area contributed by atoms with E-state index in [9.17, 15) is 0 Å². The first kappa shape index (κ1) is 7.03. The molecule has 2 unspecified atom stereocenters. The number of hydroxylamine groups is 2. The zero-order valence-corrected chi connectivity index (χ0v) is 6.42. The molecule has 2 nitrogen and oxygen atoms in total. The van der Waals surface area contributed by atoms with Gasteiger partial charge in [-0.25, -0.2) is 0 Å². The van der Waals surface area contributed by atoms with Gasteiger partial charge in [0.05, 0.1) is 0 Å². The van der Waals surface area contributed by atoms with E-state index in [1.54, 1.807) is 0 Å². The van der Waals surface area contributed by atoms with Crippen LogP contribution in [0.25, 0.3) is 0 Å². The molecule has 1 aliphatic rings. The maximum absolute atomic E-state index is 4.96. The van der Waals surface area contributed by atoms with Crippen LogP contribution in [-0.2, 0) is 4.84 Å². The van der Waals surface area contributed by atoms with Crippen LogP contribution in [0.5, 0.6) is 0 Å². The maximum Gasteiger partial charge on any atom is 0.144 e. The second kappa shape index (κ2) is 2.67. The molecule has 0 radical (unpaired) electrons. The summed E-state index contributed by atoms with van der Waals surface area (Å²) in [7, 11) is 0. The molecular weight excluding hydrogens is 114 g/mol. The van der Waals surface area contributed by atoms with Gasteiger partial charge in [-0.05, 0) is 11.8 Å². The molecule has 2 heteroatoms. The molecule has 0 spiro atoms. The standard InChI is InChI=1S/C7H15NO/c1-6(2)7(3)4-8-5-9-8/h6-7H,4-5H2,1-3H3. The predicted molar refractivity (Wildman–Crippen MR) is 36.7 cm³/mol. The van der Waals surface area contributed by atoms with Crippen LogP contribution in [0.2, 0.25) is 0 Å². The minimum atomic E-state index is 0.757. The Kier molecular flexibility index (Phi) is 2.09. The summed E-state index contributed by atoms with van der Waals surface area (Å²) in [6.45, 7) is 8.68. The third kappa shape index (κ3) is 2.33. The molecule has 0 bridgehead atoms. The fourth-order valence-electron chi connectivity index (χ4n) is 0.678. The molecular formula is C7H15NO. The Morgan fingerprint density at radius 2 is 2.00 bits per heavy atom. The lowest BCUT2D eigenvalue weighted by Gasteiger charge is -2.13. The van der Waals surface area contributed by atoms with E-state index in [4.69, 9.17) is 4.84 Å². The predicted octanol–water partition coefficient (Wildman–Crippen LogP) is 1.48. The third-order valence-electron chi connectivity index (χ3n) is 1.94. The highest BCUT2D eigenvalue weighted by Crippen LogP contribution is 2.16. The average Bonchev–Trinajstić information content (AvgIpc) is 2.50. The van der Waals surface area contributed by atoms with Crippen LogP contribution < -0.4 is 0 Å². The quantitative estimate of drug-likeness (QED) is 0.536. The Morgan fingerprint density at radius 1 is 1.44 bits per heavy atom. The van der Waals surface area contributed by atoms with Crippen LogP contribution in [0.15, 0.2) is 0 Å². The highest BCUT2D eigenvalue weighted by atomic mass is 16.8. The Bertz CT molecular complexity index is 88.9. The molecule has 0 saturated carbocycles. The van der Waals surface area contributed by atoms with Gasteiger partial charge >= 0.3 is 0 Å². The van der Waals surface area contributed by atoms with E-state index < -0.39 is 0 Å². The van der Waals surface area contributed by atoms with Gasteiger partial charge < -0.3 is 0 Å². The van der Waals surface area contributed by atoms with Gasteiger partial charge in [0.1, 0.15) is 6.73 Å². The van der Waals surface area contributed by atoms with Gasteiger partial charge in [0.15, 0.2) is 0 Å². The van der Waals surface area contributed by atoms with Crippen molar-refractivity contribution in [3.05, 3.63) is 0 Å². The lowest BCUT2D eigenvalue weighted by Crippen LogP contribution is -2.15. The van der Waals surface area contributed by atoms with Crippen LogP contribution in [0.3, 0.4) is 0 Å². The first-order chi connectivity index (χ1) is 4.20. The van der Waals surface area contributed by atoms with E-state index in [2.05, 4.69) is 20.8 Å². The van der Waals surface area contributed by atoms with Crippen LogP contribution in [-0.4, -0.2) is 18.3 Å². The summed E-state index contributed by atoms with van der Waals surface area (Å²) in [4.78, 5) is 4.96. The van der Waals surface area contributed by atoms with Crippen molar-refractivity contribution in [2.75, 3.05) is 13.3 Å². The molecule has 0 aromatic carbocycles. The molecule has 0 aromatic rings. The van der Waals surface area contributed by atoms with Crippen LogP contribution >= 0.6 is 0 Å². The van der Waals surface area contributed by atoms with Crippen LogP contribution in [0, 0.1) is 11.8 Å². The van der Waals surface area contributed by atoms with E-state index in [1.165, 1.54) is 0 Å². The van der Waals surface area contributed by atoms with Crippen molar-refractivity contribution in [1.29, 1.82) is 0 Å². The Hall–Kier alpha value is -0.0800. The highest BCUT2D eigenvalue weighted by molar-refractivity contribution is 4.61. The minimum absolute atomic E-state index is 0.757. The zero-order valence-electron chi connectivity index (χ0n) is 6.42. The molecule has 0 amide bonds. The van der Waals surface area contributed by atoms with Gasteiger partial charge in [0.25, 0.3) is 0 Å². The van der Waals surface area contributed by atoms with E-state index in [-0.39, 0.29) is 0 Å². The van der Waals surface area contributed by atoms with E-state index in [0.29, 0.717) is 0 Å². The van der Waals surface area contributed by atoms with E-state index in [1.807, 2.05) is 5.06 Å². The van der Waals surface area contributed by atoms with Crippen molar-refractivity contribution in [1.82, 2.24) is 5.06 Å². The topological polar surface area (TPSA) is 15.5 Å². The largest absolute Gasteiger partial charge is 0.279 e. The summed E-state index contributed by atoms with van der Waals surface area (Å²) < 4.78 is 0. The van der Waals surface area contributed by atoms with Crippen molar-refractivity contribution in [3.8, 4) is 0 Å². The molecule has 1 saturated heterocycles. The first-order valence-corrected chi connectivity index (χ1v) is 3.58. The van der Waals surface area contributed by atoms with Gasteiger partial charge in [0, 0.05) is 6.54 Å². The van der Waals surface area contributed by atoms with Crippen molar-refractivity contribution in [2.24, 2.45) is 11.8 Å². The summed E-state index contributed by atoms with van der Waals surface area (Å²) >= 11 is 0. The monoisotopic (exact) mass is 129 g/mol. The molecule has 1 rings (SSSR count). The summed E-state index contributed by atoms with van der Waals surface area (Å²) in [6, 6.07) is 0. The number of nitrogens with zero attached hydrogens (tertiary/aromatic N) is 1. The van der Waals surface area contributed by atoms with Crippen molar-refractivity contribution in [2.45, 2.75) is 20.8 Å². The van der Waals surface area contributed by atoms with E-state index >= 15 is 0 Å². The first-order valence-electron chi connectivity index (χ1n) is 3.58. The third-order valence-corrected chi connectivity index (χ3v) is 1.94. The van der Waals surface area contributed by atoms with Crippen molar-refractivity contribution in [3.63, 3.8) is 0 Å². The lowest BCUT2D eigenvalue weighted by molar-refractivity contribution is 0.164. The summed E-state index contributed by atoms with van der Waals surface area (Å²) in [5.74, 6) is 1.53. The van der Waals surface area contributed by atoms with Gasteiger partial charge in [-0.1, -0.05) is 20.8 Å². The van der Waals surface area contributed by atoms with Gasteiger partial charge in [0.2, 0.25) is 0 Å². The molecule has 54 valence electrons. The Morgan fingerprint density at radius 3 is 2.33 bits per heavy atom. The smallest absolute Gasteiger partial charge is 0.144 e. The van der Waals surface area contributed by atoms with Gasteiger partial charge in [-0.2, -0.15) is 5.06 Å².